The molecule has 1 heterocycles. The Morgan fingerprint density at radius 2 is 2.37 bits per heavy atom. The van der Waals surface area contributed by atoms with E-state index in [0.29, 0.717) is 17.9 Å². The summed E-state index contributed by atoms with van der Waals surface area (Å²) in [5, 5.41) is 3.17. The van der Waals surface area contributed by atoms with Gasteiger partial charge in [0, 0.05) is 19.2 Å². The van der Waals surface area contributed by atoms with Gasteiger partial charge in [-0.1, -0.05) is 0 Å². The van der Waals surface area contributed by atoms with Crippen LogP contribution in [0, 0.1) is 5.82 Å². The maximum Gasteiger partial charge on any atom is 0.239 e. The Morgan fingerprint density at radius 1 is 1.58 bits per heavy atom. The number of carbonyl (C=O) groups is 1. The van der Waals surface area contributed by atoms with E-state index >= 15 is 0 Å². The first-order valence-electron chi connectivity index (χ1n) is 6.42. The summed E-state index contributed by atoms with van der Waals surface area (Å²) in [6.07, 6.45) is 1.89. The van der Waals surface area contributed by atoms with Gasteiger partial charge in [-0.3, -0.25) is 4.79 Å². The van der Waals surface area contributed by atoms with Gasteiger partial charge in [0.2, 0.25) is 5.91 Å². The smallest absolute Gasteiger partial charge is 0.239 e. The Labute approximate surface area is 112 Å². The van der Waals surface area contributed by atoms with Crippen LogP contribution in [0.3, 0.4) is 0 Å². The predicted molar refractivity (Wildman–Crippen MR) is 70.5 cm³/mol. The number of carbonyl (C=O) groups excluding carboxylic acids is 1. The van der Waals surface area contributed by atoms with Crippen molar-refractivity contribution in [2.45, 2.75) is 25.4 Å². The number of hydrogen-bond donors (Lipinski definition) is 1. The Morgan fingerprint density at radius 3 is 3.00 bits per heavy atom. The molecule has 0 saturated carbocycles. The van der Waals surface area contributed by atoms with Gasteiger partial charge < -0.3 is 15.0 Å². The lowest BCUT2D eigenvalue weighted by atomic mass is 10.1. The summed E-state index contributed by atoms with van der Waals surface area (Å²) in [5.41, 5.74) is 0.677. The molecule has 0 aliphatic carbocycles. The zero-order valence-electron chi connectivity index (χ0n) is 11.3. The molecule has 2 rings (SSSR count). The molecule has 1 saturated heterocycles. The number of benzene rings is 1. The summed E-state index contributed by atoms with van der Waals surface area (Å²) in [5.74, 6) is 0.319. The highest BCUT2D eigenvalue weighted by atomic mass is 19.1. The minimum Gasteiger partial charge on any atom is -0.496 e. The van der Waals surface area contributed by atoms with Crippen LogP contribution in [0.1, 0.15) is 18.4 Å². The molecular formula is C14H19FN2O2. The van der Waals surface area contributed by atoms with Gasteiger partial charge >= 0.3 is 0 Å². The van der Waals surface area contributed by atoms with Crippen molar-refractivity contribution in [3.05, 3.63) is 29.6 Å². The summed E-state index contributed by atoms with van der Waals surface area (Å²) >= 11 is 0. The van der Waals surface area contributed by atoms with Crippen molar-refractivity contribution >= 4 is 5.91 Å². The second-order valence-electron chi connectivity index (χ2n) is 4.80. The third-order valence-corrected chi connectivity index (χ3v) is 3.38. The fourth-order valence-corrected chi connectivity index (χ4v) is 2.37. The molecule has 0 radical (unpaired) electrons. The van der Waals surface area contributed by atoms with E-state index in [9.17, 15) is 9.18 Å². The SMILES string of the molecule is COc1ccc(F)cc1CN(C)C(=O)C1CCCN1. The topological polar surface area (TPSA) is 41.6 Å². The Balaban J connectivity index is 2.07. The Bertz CT molecular complexity index is 459. The van der Waals surface area contributed by atoms with Gasteiger partial charge in [0.1, 0.15) is 11.6 Å². The Hall–Kier alpha value is -1.62. The van der Waals surface area contributed by atoms with E-state index < -0.39 is 0 Å². The number of ether oxygens (including phenoxy) is 1. The lowest BCUT2D eigenvalue weighted by Gasteiger charge is -2.22. The molecule has 0 spiro atoms. The van der Waals surface area contributed by atoms with Crippen LogP contribution in [0.15, 0.2) is 18.2 Å². The summed E-state index contributed by atoms with van der Waals surface area (Å²) in [6.45, 7) is 1.23. The van der Waals surface area contributed by atoms with Crippen LogP contribution in [0.5, 0.6) is 5.75 Å². The van der Waals surface area contributed by atoms with Crippen LogP contribution in [-0.4, -0.2) is 37.6 Å². The molecular weight excluding hydrogens is 247 g/mol. The number of likely N-dealkylation sites (N-methyl/N-ethyl adjacent to an activating group) is 1. The third-order valence-electron chi connectivity index (χ3n) is 3.38. The lowest BCUT2D eigenvalue weighted by Crippen LogP contribution is -2.41. The normalized spacial score (nSPS) is 18.4. The number of nitrogens with one attached hydrogen (secondary N) is 1. The standard InChI is InChI=1S/C14H19FN2O2/c1-17(14(18)12-4-3-7-16-12)9-10-8-11(15)5-6-13(10)19-2/h5-6,8,12,16H,3-4,7,9H2,1-2H3. The molecule has 1 aromatic rings. The van der Waals surface area contributed by atoms with Crippen LogP contribution < -0.4 is 10.1 Å². The average molecular weight is 266 g/mol. The minimum atomic E-state index is -0.323. The molecule has 1 unspecified atom stereocenters. The van der Waals surface area contributed by atoms with E-state index in [1.165, 1.54) is 19.2 Å². The van der Waals surface area contributed by atoms with Gasteiger partial charge in [-0.05, 0) is 37.6 Å². The zero-order chi connectivity index (χ0) is 13.8. The van der Waals surface area contributed by atoms with Gasteiger partial charge in [-0.15, -0.1) is 0 Å². The molecule has 1 amide bonds. The predicted octanol–water partition coefficient (Wildman–Crippen LogP) is 1.54. The van der Waals surface area contributed by atoms with Crippen molar-refractivity contribution in [1.29, 1.82) is 0 Å². The average Bonchev–Trinajstić information content (AvgIpc) is 2.92. The van der Waals surface area contributed by atoms with E-state index in [1.54, 1.807) is 18.0 Å². The number of methoxy groups -OCH3 is 1. The number of amides is 1. The van der Waals surface area contributed by atoms with Gasteiger partial charge in [-0.25, -0.2) is 4.39 Å². The second-order valence-corrected chi connectivity index (χ2v) is 4.80. The van der Waals surface area contributed by atoms with E-state index in [0.717, 1.165) is 19.4 Å². The number of halogens is 1. The molecule has 1 N–H and O–H groups in total. The van der Waals surface area contributed by atoms with E-state index in [-0.39, 0.29) is 17.8 Å². The number of hydrogen-bond acceptors (Lipinski definition) is 3. The highest BCUT2D eigenvalue weighted by Gasteiger charge is 2.25. The highest BCUT2D eigenvalue weighted by molar-refractivity contribution is 5.82. The van der Waals surface area contributed by atoms with Crippen molar-refractivity contribution in [3.8, 4) is 5.75 Å². The molecule has 1 atom stereocenters. The molecule has 4 nitrogen and oxygen atoms in total. The van der Waals surface area contributed by atoms with Crippen molar-refractivity contribution in [1.82, 2.24) is 10.2 Å². The molecule has 0 aromatic heterocycles. The first kappa shape index (κ1) is 13.8. The molecule has 104 valence electrons. The molecule has 5 heteroatoms. The largest absolute Gasteiger partial charge is 0.496 e. The van der Waals surface area contributed by atoms with Crippen LogP contribution in [0.25, 0.3) is 0 Å². The van der Waals surface area contributed by atoms with Crippen LogP contribution in [-0.2, 0) is 11.3 Å². The fraction of sp³-hybridized carbons (Fsp3) is 0.500. The van der Waals surface area contributed by atoms with Crippen molar-refractivity contribution in [2.75, 3.05) is 20.7 Å². The van der Waals surface area contributed by atoms with Gasteiger partial charge in [-0.2, -0.15) is 0 Å². The first-order valence-corrected chi connectivity index (χ1v) is 6.42. The summed E-state index contributed by atoms with van der Waals surface area (Å²) < 4.78 is 18.5. The maximum atomic E-state index is 13.3. The second kappa shape index (κ2) is 6.02. The van der Waals surface area contributed by atoms with Crippen molar-refractivity contribution < 1.29 is 13.9 Å². The van der Waals surface area contributed by atoms with Crippen LogP contribution in [0.4, 0.5) is 4.39 Å². The van der Waals surface area contributed by atoms with E-state index in [1.807, 2.05) is 0 Å². The molecule has 1 aromatic carbocycles. The lowest BCUT2D eigenvalue weighted by molar-refractivity contribution is -0.132. The monoisotopic (exact) mass is 266 g/mol. The highest BCUT2D eigenvalue weighted by Crippen LogP contribution is 2.21. The van der Waals surface area contributed by atoms with Crippen molar-refractivity contribution in [3.63, 3.8) is 0 Å². The molecule has 1 fully saturated rings. The van der Waals surface area contributed by atoms with Crippen molar-refractivity contribution in [2.24, 2.45) is 0 Å². The van der Waals surface area contributed by atoms with Crippen LogP contribution in [0.2, 0.25) is 0 Å². The first-order chi connectivity index (χ1) is 9.11. The van der Waals surface area contributed by atoms with E-state index in [2.05, 4.69) is 5.32 Å². The third kappa shape index (κ3) is 3.23. The molecule has 0 bridgehead atoms. The number of rotatable bonds is 4. The fourth-order valence-electron chi connectivity index (χ4n) is 2.37. The molecule has 1 aliphatic heterocycles. The van der Waals surface area contributed by atoms with E-state index in [4.69, 9.17) is 4.74 Å². The van der Waals surface area contributed by atoms with Gasteiger partial charge in [0.05, 0.1) is 13.2 Å². The van der Waals surface area contributed by atoms with Gasteiger partial charge in [0.15, 0.2) is 0 Å². The summed E-state index contributed by atoms with van der Waals surface area (Å²) in [7, 11) is 3.27. The quantitative estimate of drug-likeness (QED) is 0.899. The summed E-state index contributed by atoms with van der Waals surface area (Å²) in [4.78, 5) is 13.8. The zero-order valence-corrected chi connectivity index (χ0v) is 11.3. The molecule has 19 heavy (non-hydrogen) atoms. The molecule has 1 aliphatic rings. The van der Waals surface area contributed by atoms with Gasteiger partial charge in [0.25, 0.3) is 0 Å². The van der Waals surface area contributed by atoms with Crippen LogP contribution >= 0.6 is 0 Å². The Kier molecular flexibility index (Phi) is 4.37. The number of nitrogens with zero attached hydrogens (tertiary/aromatic N) is 1. The maximum absolute atomic E-state index is 13.3. The summed E-state index contributed by atoms with van der Waals surface area (Å²) in [6, 6.07) is 4.23. The minimum absolute atomic E-state index is 0.0452.